The summed E-state index contributed by atoms with van der Waals surface area (Å²) in [5, 5.41) is 3.63. The predicted octanol–water partition coefficient (Wildman–Crippen LogP) is 5.03. The maximum atomic E-state index is 12.9. The van der Waals surface area contributed by atoms with Crippen molar-refractivity contribution in [1.82, 2.24) is 4.98 Å². The van der Waals surface area contributed by atoms with Crippen LogP contribution in [0, 0.1) is 0 Å². The first-order chi connectivity index (χ1) is 14.1. The summed E-state index contributed by atoms with van der Waals surface area (Å²) >= 11 is 1.44. The van der Waals surface area contributed by atoms with E-state index in [0.29, 0.717) is 28.4 Å². The van der Waals surface area contributed by atoms with Gasteiger partial charge in [0.25, 0.3) is 11.8 Å². The van der Waals surface area contributed by atoms with Gasteiger partial charge in [0.15, 0.2) is 0 Å². The second-order valence-electron chi connectivity index (χ2n) is 6.69. The highest BCUT2D eigenvalue weighted by Crippen LogP contribution is 2.41. The SMILES string of the molecule is CCc1ccc(C(=O)Nc2ccc3c(c2)Sc2ncccc2C(=O)N3CC)cc1. The molecule has 5 nitrogen and oxygen atoms in total. The molecule has 0 atom stereocenters. The summed E-state index contributed by atoms with van der Waals surface area (Å²) in [7, 11) is 0. The Hall–Kier alpha value is -3.12. The molecule has 1 aromatic heterocycles. The topological polar surface area (TPSA) is 62.3 Å². The fraction of sp³-hybridized carbons (Fsp3) is 0.174. The van der Waals surface area contributed by atoms with Crippen molar-refractivity contribution in [1.29, 1.82) is 0 Å². The third kappa shape index (κ3) is 3.76. The van der Waals surface area contributed by atoms with Crippen LogP contribution in [-0.4, -0.2) is 23.3 Å². The first-order valence-electron chi connectivity index (χ1n) is 9.59. The molecule has 146 valence electrons. The zero-order valence-electron chi connectivity index (χ0n) is 16.3. The molecular formula is C23H21N3O2S. The Balaban J connectivity index is 1.65. The minimum absolute atomic E-state index is 0.0605. The number of carbonyl (C=O) groups excluding carboxylic acids is 2. The number of pyridine rings is 1. The van der Waals surface area contributed by atoms with E-state index in [0.717, 1.165) is 17.0 Å². The summed E-state index contributed by atoms with van der Waals surface area (Å²) in [4.78, 5) is 32.6. The maximum Gasteiger partial charge on any atom is 0.261 e. The average molecular weight is 404 g/mol. The van der Waals surface area contributed by atoms with E-state index in [1.165, 1.54) is 17.3 Å². The lowest BCUT2D eigenvalue weighted by atomic mass is 10.1. The van der Waals surface area contributed by atoms with E-state index >= 15 is 0 Å². The molecule has 0 saturated heterocycles. The molecule has 0 radical (unpaired) electrons. The number of benzene rings is 2. The van der Waals surface area contributed by atoms with Gasteiger partial charge in [-0.1, -0.05) is 30.8 Å². The highest BCUT2D eigenvalue weighted by molar-refractivity contribution is 7.99. The van der Waals surface area contributed by atoms with Gasteiger partial charge in [0.05, 0.1) is 11.3 Å². The van der Waals surface area contributed by atoms with Gasteiger partial charge in [-0.05, 0) is 61.4 Å². The number of hydrogen-bond donors (Lipinski definition) is 1. The first-order valence-corrected chi connectivity index (χ1v) is 10.4. The van der Waals surface area contributed by atoms with Crippen molar-refractivity contribution in [2.75, 3.05) is 16.8 Å². The molecule has 0 fully saturated rings. The fourth-order valence-electron chi connectivity index (χ4n) is 3.30. The number of anilines is 2. The smallest absolute Gasteiger partial charge is 0.261 e. The van der Waals surface area contributed by atoms with Gasteiger partial charge >= 0.3 is 0 Å². The second kappa shape index (κ2) is 8.09. The Kier molecular flexibility index (Phi) is 5.36. The number of amides is 2. The van der Waals surface area contributed by atoms with Crippen molar-refractivity contribution in [2.24, 2.45) is 0 Å². The van der Waals surface area contributed by atoms with E-state index in [-0.39, 0.29) is 11.8 Å². The fourth-order valence-corrected chi connectivity index (χ4v) is 4.36. The highest BCUT2D eigenvalue weighted by Gasteiger charge is 2.27. The zero-order chi connectivity index (χ0) is 20.4. The quantitative estimate of drug-likeness (QED) is 0.664. The van der Waals surface area contributed by atoms with E-state index in [9.17, 15) is 9.59 Å². The van der Waals surface area contributed by atoms with Crippen molar-refractivity contribution in [3.05, 3.63) is 77.5 Å². The number of aryl methyl sites for hydroxylation is 1. The molecular weight excluding hydrogens is 382 g/mol. The lowest BCUT2D eigenvalue weighted by Crippen LogP contribution is -2.30. The third-order valence-corrected chi connectivity index (χ3v) is 5.97. The van der Waals surface area contributed by atoms with Crippen LogP contribution >= 0.6 is 11.8 Å². The van der Waals surface area contributed by atoms with Crippen LogP contribution in [0.2, 0.25) is 0 Å². The molecule has 2 heterocycles. The molecule has 0 spiro atoms. The van der Waals surface area contributed by atoms with Crippen molar-refractivity contribution in [3.63, 3.8) is 0 Å². The Morgan fingerprint density at radius 3 is 2.62 bits per heavy atom. The number of nitrogens with one attached hydrogen (secondary N) is 1. The monoisotopic (exact) mass is 403 g/mol. The molecule has 0 unspecified atom stereocenters. The standard InChI is InChI=1S/C23H21N3O2S/c1-3-15-7-9-16(10-8-15)21(27)25-17-11-12-19-20(14-17)29-22-18(6-5-13-24-22)23(28)26(19)4-2/h5-14H,3-4H2,1-2H3,(H,25,27). The van der Waals surface area contributed by atoms with E-state index in [1.807, 2.05) is 49.4 Å². The number of rotatable bonds is 4. The summed E-state index contributed by atoms with van der Waals surface area (Å²) < 4.78 is 0. The van der Waals surface area contributed by atoms with Crippen molar-refractivity contribution in [3.8, 4) is 0 Å². The van der Waals surface area contributed by atoms with Gasteiger partial charge in [-0.15, -0.1) is 0 Å². The minimum Gasteiger partial charge on any atom is -0.322 e. The molecule has 4 rings (SSSR count). The molecule has 2 aromatic carbocycles. The molecule has 29 heavy (non-hydrogen) atoms. The predicted molar refractivity (Wildman–Crippen MR) is 116 cm³/mol. The van der Waals surface area contributed by atoms with E-state index < -0.39 is 0 Å². The van der Waals surface area contributed by atoms with Crippen molar-refractivity contribution >= 4 is 35.0 Å². The van der Waals surface area contributed by atoms with Gasteiger partial charge in [0, 0.05) is 28.9 Å². The summed E-state index contributed by atoms with van der Waals surface area (Å²) in [6, 6.07) is 16.8. The largest absolute Gasteiger partial charge is 0.322 e. The number of fused-ring (bicyclic) bond motifs is 2. The van der Waals surface area contributed by atoms with Gasteiger partial charge < -0.3 is 10.2 Å². The average Bonchev–Trinajstić information content (AvgIpc) is 2.87. The second-order valence-corrected chi connectivity index (χ2v) is 7.73. The maximum absolute atomic E-state index is 12.9. The van der Waals surface area contributed by atoms with E-state index in [4.69, 9.17) is 0 Å². The summed E-state index contributed by atoms with van der Waals surface area (Å²) in [6.45, 7) is 4.58. The Morgan fingerprint density at radius 1 is 1.10 bits per heavy atom. The van der Waals surface area contributed by atoms with Crippen LogP contribution in [0.5, 0.6) is 0 Å². The van der Waals surface area contributed by atoms with Crippen LogP contribution in [0.1, 0.15) is 40.1 Å². The summed E-state index contributed by atoms with van der Waals surface area (Å²) in [6.07, 6.45) is 2.62. The molecule has 1 aliphatic rings. The molecule has 6 heteroatoms. The minimum atomic E-state index is -0.159. The number of nitrogens with zero attached hydrogens (tertiary/aromatic N) is 2. The Bertz CT molecular complexity index is 1080. The van der Waals surface area contributed by atoms with Gasteiger partial charge in [0.1, 0.15) is 5.03 Å². The van der Waals surface area contributed by atoms with E-state index in [1.54, 1.807) is 23.2 Å². The zero-order valence-corrected chi connectivity index (χ0v) is 17.1. The molecule has 3 aromatic rings. The molecule has 1 aliphatic heterocycles. The lowest BCUT2D eigenvalue weighted by Gasteiger charge is -2.21. The number of hydrogen-bond acceptors (Lipinski definition) is 4. The first kappa shape index (κ1) is 19.2. The number of carbonyl (C=O) groups is 2. The van der Waals surface area contributed by atoms with Crippen LogP contribution in [0.3, 0.4) is 0 Å². The van der Waals surface area contributed by atoms with Gasteiger partial charge in [-0.2, -0.15) is 0 Å². The molecule has 1 N–H and O–H groups in total. The van der Waals surface area contributed by atoms with Gasteiger partial charge in [0.2, 0.25) is 0 Å². The van der Waals surface area contributed by atoms with Crippen LogP contribution in [0.25, 0.3) is 0 Å². The van der Waals surface area contributed by atoms with Gasteiger partial charge in [-0.25, -0.2) is 4.98 Å². The lowest BCUT2D eigenvalue weighted by molar-refractivity contribution is 0.0983. The summed E-state index contributed by atoms with van der Waals surface area (Å²) in [5.41, 5.74) is 3.91. The summed E-state index contributed by atoms with van der Waals surface area (Å²) in [5.74, 6) is -0.220. The Labute approximate surface area is 174 Å². The van der Waals surface area contributed by atoms with Crippen LogP contribution in [0.4, 0.5) is 11.4 Å². The van der Waals surface area contributed by atoms with Crippen molar-refractivity contribution < 1.29 is 9.59 Å². The Morgan fingerprint density at radius 2 is 1.90 bits per heavy atom. The number of aromatic nitrogens is 1. The highest BCUT2D eigenvalue weighted by atomic mass is 32.2. The van der Waals surface area contributed by atoms with E-state index in [2.05, 4.69) is 17.2 Å². The van der Waals surface area contributed by atoms with Crippen LogP contribution in [0.15, 0.2) is 70.7 Å². The molecule has 0 saturated carbocycles. The normalized spacial score (nSPS) is 12.8. The third-order valence-electron chi connectivity index (χ3n) is 4.90. The molecule has 0 bridgehead atoms. The van der Waals surface area contributed by atoms with Gasteiger partial charge in [-0.3, -0.25) is 9.59 Å². The molecule has 2 amide bonds. The van der Waals surface area contributed by atoms with Crippen molar-refractivity contribution in [2.45, 2.75) is 30.2 Å². The van der Waals surface area contributed by atoms with Crippen LogP contribution < -0.4 is 10.2 Å². The molecule has 0 aliphatic carbocycles. The van der Waals surface area contributed by atoms with Crippen LogP contribution in [-0.2, 0) is 6.42 Å².